The molecule has 0 bridgehead atoms. The molecule has 2 N–H and O–H groups in total. The number of amides is 1. The molecule has 0 atom stereocenters. The van der Waals surface area contributed by atoms with Crippen LogP contribution in [0.25, 0.3) is 0 Å². The number of nitrogens with one attached hydrogen (secondary N) is 2. The lowest BCUT2D eigenvalue weighted by molar-refractivity contribution is 0.0270. The predicted octanol–water partition coefficient (Wildman–Crippen LogP) is 4.91. The largest absolute Gasteiger partial charge is 0.352 e. The number of rotatable bonds is 10. The topological polar surface area (TPSA) is 101 Å². The first-order chi connectivity index (χ1) is 17.6. The van der Waals surface area contributed by atoms with Crippen LogP contribution < -0.4 is 10.8 Å². The Balaban J connectivity index is 1.74. The molecular formula is C25H25F2IN4O4S. The van der Waals surface area contributed by atoms with Gasteiger partial charge in [-0.15, -0.1) is 0 Å². The summed E-state index contributed by atoms with van der Waals surface area (Å²) in [7, 11) is -3.30. The number of aromatic nitrogens is 1. The van der Waals surface area contributed by atoms with E-state index in [9.17, 15) is 13.2 Å². The van der Waals surface area contributed by atoms with Crippen molar-refractivity contribution in [1.82, 2.24) is 14.8 Å². The highest BCUT2D eigenvalue weighted by atomic mass is 127. The maximum Gasteiger partial charge on any atom is 0.277 e. The Labute approximate surface area is 227 Å². The Hall–Kier alpha value is -2.68. The van der Waals surface area contributed by atoms with Gasteiger partial charge in [0.25, 0.3) is 5.91 Å². The van der Waals surface area contributed by atoms with Crippen molar-refractivity contribution >= 4 is 49.9 Å². The molecule has 0 unspecified atom stereocenters. The fourth-order valence-corrected chi connectivity index (χ4v) is 5.44. The highest BCUT2D eigenvalue weighted by Gasteiger charge is 2.32. The zero-order valence-electron chi connectivity index (χ0n) is 20.1. The molecule has 2 aromatic carbocycles. The van der Waals surface area contributed by atoms with Crippen molar-refractivity contribution < 1.29 is 26.8 Å². The van der Waals surface area contributed by atoms with Crippen LogP contribution in [-0.2, 0) is 21.4 Å². The molecule has 37 heavy (non-hydrogen) atoms. The van der Waals surface area contributed by atoms with Crippen molar-refractivity contribution in [2.75, 3.05) is 19.0 Å². The van der Waals surface area contributed by atoms with Gasteiger partial charge in [-0.1, -0.05) is 6.07 Å². The number of aryl methyl sites for hydroxylation is 1. The molecule has 0 radical (unpaired) electrons. The van der Waals surface area contributed by atoms with Gasteiger partial charge in [0.2, 0.25) is 10.0 Å². The van der Waals surface area contributed by atoms with Crippen LogP contribution in [0.1, 0.15) is 34.3 Å². The number of pyridine rings is 1. The monoisotopic (exact) mass is 642 g/mol. The van der Waals surface area contributed by atoms with Crippen molar-refractivity contribution in [2.45, 2.75) is 31.2 Å². The fraction of sp³-hybridized carbons (Fsp3) is 0.280. The van der Waals surface area contributed by atoms with Crippen LogP contribution in [0.4, 0.5) is 20.2 Å². The highest BCUT2D eigenvalue weighted by Crippen LogP contribution is 2.34. The molecule has 12 heteroatoms. The molecule has 0 saturated heterocycles. The van der Waals surface area contributed by atoms with E-state index in [-0.39, 0.29) is 13.2 Å². The van der Waals surface area contributed by atoms with Gasteiger partial charge in [-0.25, -0.2) is 22.7 Å². The molecular weight excluding hydrogens is 617 g/mol. The minimum Gasteiger partial charge on any atom is -0.352 e. The van der Waals surface area contributed by atoms with Gasteiger partial charge >= 0.3 is 0 Å². The number of nitrogens with zero attached hydrogens (tertiary/aromatic N) is 2. The van der Waals surface area contributed by atoms with E-state index in [4.69, 9.17) is 4.84 Å². The molecule has 1 amide bonds. The summed E-state index contributed by atoms with van der Waals surface area (Å²) in [6, 6.07) is 9.35. The summed E-state index contributed by atoms with van der Waals surface area (Å²) >= 11 is 2.12. The molecule has 1 aliphatic rings. The Kier molecular flexibility index (Phi) is 8.41. The maximum atomic E-state index is 15.5. The second kappa shape index (κ2) is 11.4. The molecule has 1 aliphatic carbocycles. The number of hydroxylamine groups is 1. The van der Waals surface area contributed by atoms with Crippen molar-refractivity contribution in [3.63, 3.8) is 0 Å². The van der Waals surface area contributed by atoms with E-state index < -0.39 is 43.7 Å². The lowest BCUT2D eigenvalue weighted by atomic mass is 10.1. The van der Waals surface area contributed by atoms with Gasteiger partial charge in [0, 0.05) is 35.2 Å². The van der Waals surface area contributed by atoms with Gasteiger partial charge in [0.05, 0.1) is 17.9 Å². The lowest BCUT2D eigenvalue weighted by Gasteiger charge is -2.21. The first-order valence-corrected chi connectivity index (χ1v) is 13.9. The zero-order valence-corrected chi connectivity index (χ0v) is 23.1. The third-order valence-corrected chi connectivity index (χ3v) is 8.34. The minimum atomic E-state index is -4.53. The van der Waals surface area contributed by atoms with Gasteiger partial charge in [-0.2, -0.15) is 4.31 Å². The molecule has 1 saturated carbocycles. The predicted molar refractivity (Wildman–Crippen MR) is 143 cm³/mol. The Morgan fingerprint density at radius 3 is 2.62 bits per heavy atom. The Bertz CT molecular complexity index is 1420. The number of anilines is 2. The molecule has 8 nitrogen and oxygen atoms in total. The highest BCUT2D eigenvalue weighted by molar-refractivity contribution is 14.1. The first kappa shape index (κ1) is 27.4. The average Bonchev–Trinajstić information content (AvgIpc) is 3.68. The van der Waals surface area contributed by atoms with E-state index in [1.165, 1.54) is 19.4 Å². The number of hydrogen-bond acceptors (Lipinski definition) is 6. The standard InChI is InChI=1S/C25H25F2IN4O4S/c1-15-10-18(28)7-8-20(15)30-24-19(25(33)31-36-14-16-5-6-16)11-21(22(26)23(24)27)37(34,35)32(2)13-17-4-3-9-29-12-17/h3-4,7-12,16,30H,5-6,13-14H2,1-2H3,(H,31,33). The maximum absolute atomic E-state index is 15.5. The van der Waals surface area contributed by atoms with E-state index in [0.29, 0.717) is 17.2 Å². The Morgan fingerprint density at radius 2 is 1.97 bits per heavy atom. The van der Waals surface area contributed by atoms with E-state index in [2.05, 4.69) is 38.4 Å². The summed E-state index contributed by atoms with van der Waals surface area (Å²) in [6.45, 7) is 1.90. The van der Waals surface area contributed by atoms with Gasteiger partial charge < -0.3 is 5.32 Å². The van der Waals surface area contributed by atoms with Gasteiger partial charge in [0.1, 0.15) is 4.90 Å². The second-order valence-corrected chi connectivity index (χ2v) is 12.1. The number of halogens is 3. The fourth-order valence-electron chi connectivity index (χ4n) is 3.56. The quantitative estimate of drug-likeness (QED) is 0.241. The van der Waals surface area contributed by atoms with Gasteiger partial charge in [0.15, 0.2) is 11.6 Å². The number of hydrogen-bond donors (Lipinski definition) is 2. The molecule has 196 valence electrons. The number of carbonyl (C=O) groups is 1. The molecule has 0 spiro atoms. The number of benzene rings is 2. The Morgan fingerprint density at radius 1 is 1.22 bits per heavy atom. The minimum absolute atomic E-state index is 0.134. The van der Waals surface area contributed by atoms with E-state index in [1.54, 1.807) is 31.2 Å². The van der Waals surface area contributed by atoms with Crippen LogP contribution >= 0.6 is 22.6 Å². The van der Waals surface area contributed by atoms with Gasteiger partial charge in [-0.3, -0.25) is 14.6 Å². The number of sulfonamides is 1. The summed E-state index contributed by atoms with van der Waals surface area (Å²) in [4.78, 5) is 21.2. The third-order valence-electron chi connectivity index (χ3n) is 5.86. The van der Waals surface area contributed by atoms with E-state index >= 15 is 8.78 Å². The van der Waals surface area contributed by atoms with Crippen LogP contribution in [0.3, 0.4) is 0 Å². The smallest absolute Gasteiger partial charge is 0.277 e. The normalized spacial score (nSPS) is 13.6. The molecule has 0 aliphatic heterocycles. The number of carbonyl (C=O) groups excluding carboxylic acids is 1. The van der Waals surface area contributed by atoms with Crippen molar-refractivity contribution in [2.24, 2.45) is 5.92 Å². The summed E-state index contributed by atoms with van der Waals surface area (Å²) in [6.07, 6.45) is 4.96. The zero-order chi connectivity index (χ0) is 26.7. The van der Waals surface area contributed by atoms with Crippen molar-refractivity contribution in [1.29, 1.82) is 0 Å². The summed E-state index contributed by atoms with van der Waals surface area (Å²) in [5, 5.41) is 2.77. The molecule has 1 fully saturated rings. The van der Waals surface area contributed by atoms with Crippen LogP contribution in [0.5, 0.6) is 0 Å². The molecule has 3 aromatic rings. The van der Waals surface area contributed by atoms with Crippen LogP contribution in [0, 0.1) is 28.0 Å². The van der Waals surface area contributed by atoms with Gasteiger partial charge in [-0.05, 0) is 89.7 Å². The molecule has 4 rings (SSSR count). The summed E-state index contributed by atoms with van der Waals surface area (Å²) in [5.74, 6) is -3.67. The second-order valence-electron chi connectivity index (χ2n) is 8.82. The first-order valence-electron chi connectivity index (χ1n) is 11.4. The van der Waals surface area contributed by atoms with E-state index in [1.807, 2.05) is 6.07 Å². The lowest BCUT2D eigenvalue weighted by Crippen LogP contribution is -2.30. The van der Waals surface area contributed by atoms with Crippen LogP contribution in [0.15, 0.2) is 53.7 Å². The average molecular weight is 642 g/mol. The van der Waals surface area contributed by atoms with Crippen molar-refractivity contribution in [3.05, 3.63) is 80.7 Å². The van der Waals surface area contributed by atoms with Crippen LogP contribution in [0.2, 0.25) is 0 Å². The third kappa shape index (κ3) is 6.43. The van der Waals surface area contributed by atoms with Crippen LogP contribution in [-0.4, -0.2) is 37.3 Å². The van der Waals surface area contributed by atoms with E-state index in [0.717, 1.165) is 32.3 Å². The summed E-state index contributed by atoms with van der Waals surface area (Å²) in [5.41, 5.74) is 3.01. The summed E-state index contributed by atoms with van der Waals surface area (Å²) < 4.78 is 59.2. The SMILES string of the molecule is Cc1cc(I)ccc1Nc1c(C(=O)NOCC2CC2)cc(S(=O)(=O)N(C)Cc2cccnc2)c(F)c1F. The molecule has 1 aromatic heterocycles. The van der Waals surface area contributed by atoms with Crippen molar-refractivity contribution in [3.8, 4) is 0 Å². The molecule has 1 heterocycles.